The fourth-order valence-electron chi connectivity index (χ4n) is 2.18. The summed E-state index contributed by atoms with van der Waals surface area (Å²) in [6.45, 7) is 1.72. The molecule has 0 aliphatic heterocycles. The van der Waals surface area contributed by atoms with E-state index >= 15 is 0 Å². The van der Waals surface area contributed by atoms with Crippen LogP contribution in [0.2, 0.25) is 5.02 Å². The maximum Gasteiger partial charge on any atom is 0.352 e. The molecule has 0 bridgehead atoms. The Morgan fingerprint density at radius 2 is 2.19 bits per heavy atom. The average Bonchev–Trinajstić information content (AvgIpc) is 2.77. The molecule has 0 saturated carbocycles. The third-order valence-corrected chi connectivity index (χ3v) is 3.38. The van der Waals surface area contributed by atoms with E-state index in [1.54, 1.807) is 19.1 Å². The second-order valence-electron chi connectivity index (χ2n) is 4.51. The van der Waals surface area contributed by atoms with Gasteiger partial charge in [0.15, 0.2) is 0 Å². The standard InChI is InChI=1S/C14H11ClN4O2/c1-7-10-12(18-9-4-2-3-8(15)5-9)16-6-17-13(10)19-11(7)14(20)21/h2-6H,1H3,(H,20,21)(H2,16,17,18,19). The van der Waals surface area contributed by atoms with Crippen LogP contribution in [-0.2, 0) is 0 Å². The van der Waals surface area contributed by atoms with Crippen LogP contribution in [0, 0.1) is 6.92 Å². The molecule has 0 saturated heterocycles. The predicted molar refractivity (Wildman–Crippen MR) is 80.3 cm³/mol. The number of aromatic amines is 1. The number of aromatic nitrogens is 3. The van der Waals surface area contributed by atoms with Crippen LogP contribution in [0.3, 0.4) is 0 Å². The summed E-state index contributed by atoms with van der Waals surface area (Å²) in [7, 11) is 0. The average molecular weight is 303 g/mol. The normalized spacial score (nSPS) is 10.8. The number of halogens is 1. The largest absolute Gasteiger partial charge is 0.477 e. The number of aryl methyl sites for hydroxylation is 1. The van der Waals surface area contributed by atoms with E-state index in [4.69, 9.17) is 16.7 Å². The van der Waals surface area contributed by atoms with Crippen molar-refractivity contribution in [1.29, 1.82) is 0 Å². The zero-order valence-corrected chi connectivity index (χ0v) is 11.8. The number of carboxylic acid groups (broad SMARTS) is 1. The van der Waals surface area contributed by atoms with Gasteiger partial charge in [-0.2, -0.15) is 0 Å². The maximum absolute atomic E-state index is 11.2. The molecule has 106 valence electrons. The predicted octanol–water partition coefficient (Wildman–Crippen LogP) is 3.36. The van der Waals surface area contributed by atoms with Gasteiger partial charge in [0.2, 0.25) is 0 Å². The number of nitrogens with zero attached hydrogens (tertiary/aromatic N) is 2. The fourth-order valence-corrected chi connectivity index (χ4v) is 2.37. The van der Waals surface area contributed by atoms with Crippen LogP contribution in [0.1, 0.15) is 16.1 Å². The molecule has 7 heteroatoms. The monoisotopic (exact) mass is 302 g/mol. The topological polar surface area (TPSA) is 90.9 Å². The van der Waals surface area contributed by atoms with E-state index in [1.165, 1.54) is 6.33 Å². The van der Waals surface area contributed by atoms with Crippen LogP contribution in [0.4, 0.5) is 11.5 Å². The van der Waals surface area contributed by atoms with Crippen molar-refractivity contribution in [3.05, 3.63) is 46.9 Å². The molecule has 3 N–H and O–H groups in total. The van der Waals surface area contributed by atoms with Crippen molar-refractivity contribution < 1.29 is 9.90 Å². The van der Waals surface area contributed by atoms with Crippen molar-refractivity contribution in [3.8, 4) is 0 Å². The van der Waals surface area contributed by atoms with Gasteiger partial charge in [-0.1, -0.05) is 17.7 Å². The van der Waals surface area contributed by atoms with Crippen LogP contribution >= 0.6 is 11.6 Å². The Morgan fingerprint density at radius 1 is 1.38 bits per heavy atom. The summed E-state index contributed by atoms with van der Waals surface area (Å²) in [4.78, 5) is 22.2. The first kappa shape index (κ1) is 13.4. The highest BCUT2D eigenvalue weighted by Gasteiger charge is 2.17. The number of anilines is 2. The number of nitrogens with one attached hydrogen (secondary N) is 2. The zero-order chi connectivity index (χ0) is 15.0. The van der Waals surface area contributed by atoms with Crippen LogP contribution in [0.25, 0.3) is 11.0 Å². The van der Waals surface area contributed by atoms with Crippen molar-refractivity contribution in [1.82, 2.24) is 15.0 Å². The SMILES string of the molecule is Cc1c(C(=O)O)[nH]c2ncnc(Nc3cccc(Cl)c3)c12. The van der Waals surface area contributed by atoms with Crippen molar-refractivity contribution in [2.75, 3.05) is 5.32 Å². The Labute approximate surface area is 124 Å². The Hall–Kier alpha value is -2.60. The summed E-state index contributed by atoms with van der Waals surface area (Å²) in [6, 6.07) is 7.19. The molecule has 2 heterocycles. The van der Waals surface area contributed by atoms with Crippen molar-refractivity contribution >= 4 is 40.1 Å². The number of hydrogen-bond acceptors (Lipinski definition) is 4. The summed E-state index contributed by atoms with van der Waals surface area (Å²) < 4.78 is 0. The van der Waals surface area contributed by atoms with Gasteiger partial charge in [0.1, 0.15) is 23.5 Å². The van der Waals surface area contributed by atoms with E-state index in [0.717, 1.165) is 5.69 Å². The number of H-pyrrole nitrogens is 1. The fraction of sp³-hybridized carbons (Fsp3) is 0.0714. The molecule has 0 radical (unpaired) electrons. The van der Waals surface area contributed by atoms with Gasteiger partial charge in [-0.3, -0.25) is 0 Å². The number of carboxylic acids is 1. The minimum absolute atomic E-state index is 0.111. The van der Waals surface area contributed by atoms with E-state index in [1.807, 2.05) is 12.1 Å². The summed E-state index contributed by atoms with van der Waals surface area (Å²) >= 11 is 5.95. The Balaban J connectivity index is 2.12. The number of rotatable bonds is 3. The summed E-state index contributed by atoms with van der Waals surface area (Å²) in [5, 5.41) is 13.5. The van der Waals surface area contributed by atoms with Gasteiger partial charge in [0.25, 0.3) is 0 Å². The van der Waals surface area contributed by atoms with Gasteiger partial charge < -0.3 is 15.4 Å². The lowest BCUT2D eigenvalue weighted by molar-refractivity contribution is 0.0690. The van der Waals surface area contributed by atoms with Crippen LogP contribution in [0.5, 0.6) is 0 Å². The third-order valence-electron chi connectivity index (χ3n) is 3.14. The van der Waals surface area contributed by atoms with Gasteiger partial charge in [-0.05, 0) is 30.7 Å². The number of aromatic carboxylic acids is 1. The third kappa shape index (κ3) is 2.41. The van der Waals surface area contributed by atoms with Crippen molar-refractivity contribution in [3.63, 3.8) is 0 Å². The number of hydrogen-bond donors (Lipinski definition) is 3. The number of benzene rings is 1. The van der Waals surface area contributed by atoms with Gasteiger partial charge >= 0.3 is 5.97 Å². The molecular weight excluding hydrogens is 292 g/mol. The Kier molecular flexibility index (Phi) is 3.23. The van der Waals surface area contributed by atoms with E-state index in [2.05, 4.69) is 20.3 Å². The summed E-state index contributed by atoms with van der Waals surface area (Å²) in [5.41, 5.74) is 1.94. The minimum atomic E-state index is -1.03. The van der Waals surface area contributed by atoms with Crippen LogP contribution in [0.15, 0.2) is 30.6 Å². The number of fused-ring (bicyclic) bond motifs is 1. The molecule has 0 aliphatic rings. The summed E-state index contributed by atoms with van der Waals surface area (Å²) in [6.07, 6.45) is 1.37. The van der Waals surface area contributed by atoms with Crippen LogP contribution in [-0.4, -0.2) is 26.0 Å². The Morgan fingerprint density at radius 3 is 2.90 bits per heavy atom. The minimum Gasteiger partial charge on any atom is -0.477 e. The molecule has 3 rings (SSSR count). The zero-order valence-electron chi connectivity index (χ0n) is 11.0. The van der Waals surface area contributed by atoms with E-state index < -0.39 is 5.97 Å². The van der Waals surface area contributed by atoms with Crippen molar-refractivity contribution in [2.45, 2.75) is 6.92 Å². The highest BCUT2D eigenvalue weighted by Crippen LogP contribution is 2.28. The first-order valence-electron chi connectivity index (χ1n) is 6.15. The highest BCUT2D eigenvalue weighted by atomic mass is 35.5. The lowest BCUT2D eigenvalue weighted by atomic mass is 10.2. The lowest BCUT2D eigenvalue weighted by Gasteiger charge is -2.07. The second kappa shape index (κ2) is 5.06. The molecule has 21 heavy (non-hydrogen) atoms. The van der Waals surface area contributed by atoms with Gasteiger partial charge in [0, 0.05) is 10.7 Å². The first-order chi connectivity index (χ1) is 10.1. The van der Waals surface area contributed by atoms with E-state index in [9.17, 15) is 4.79 Å². The summed E-state index contributed by atoms with van der Waals surface area (Å²) in [5.74, 6) is -0.497. The smallest absolute Gasteiger partial charge is 0.352 e. The van der Waals surface area contributed by atoms with Gasteiger partial charge in [0.05, 0.1) is 5.39 Å². The maximum atomic E-state index is 11.2. The highest BCUT2D eigenvalue weighted by molar-refractivity contribution is 6.30. The molecule has 0 fully saturated rings. The molecule has 2 aromatic heterocycles. The van der Waals surface area contributed by atoms with Gasteiger partial charge in [-0.15, -0.1) is 0 Å². The van der Waals surface area contributed by atoms with Gasteiger partial charge in [-0.25, -0.2) is 14.8 Å². The molecule has 0 atom stereocenters. The second-order valence-corrected chi connectivity index (χ2v) is 4.95. The van der Waals surface area contributed by atoms with E-state index in [0.29, 0.717) is 27.4 Å². The van der Waals surface area contributed by atoms with Crippen molar-refractivity contribution in [2.24, 2.45) is 0 Å². The molecule has 0 spiro atoms. The first-order valence-corrected chi connectivity index (χ1v) is 6.53. The molecule has 1 aromatic carbocycles. The molecule has 6 nitrogen and oxygen atoms in total. The van der Waals surface area contributed by atoms with Crippen LogP contribution < -0.4 is 5.32 Å². The Bertz CT molecular complexity index is 844. The lowest BCUT2D eigenvalue weighted by Crippen LogP contribution is -1.98. The van der Waals surface area contributed by atoms with E-state index in [-0.39, 0.29) is 5.69 Å². The molecule has 0 amide bonds. The molecule has 0 aliphatic carbocycles. The number of carbonyl (C=O) groups is 1. The molecule has 3 aromatic rings. The molecular formula is C14H11ClN4O2. The molecule has 0 unspecified atom stereocenters. The quantitative estimate of drug-likeness (QED) is 0.690.